The van der Waals surface area contributed by atoms with Gasteiger partial charge in [0.15, 0.2) is 0 Å². The highest BCUT2D eigenvalue weighted by Gasteiger charge is 2.27. The van der Waals surface area contributed by atoms with Crippen molar-refractivity contribution in [1.29, 1.82) is 0 Å². The summed E-state index contributed by atoms with van der Waals surface area (Å²) in [4.78, 5) is 14.7. The Morgan fingerprint density at radius 1 is 1.27 bits per heavy atom. The molecule has 0 unspecified atom stereocenters. The third-order valence-corrected chi connectivity index (χ3v) is 5.34. The number of rotatable bonds is 4. The number of hydrogen-bond donors (Lipinski definition) is 0. The molecule has 0 spiro atoms. The van der Waals surface area contributed by atoms with E-state index in [4.69, 9.17) is 0 Å². The van der Waals surface area contributed by atoms with Gasteiger partial charge in [0, 0.05) is 23.1 Å². The lowest BCUT2D eigenvalue weighted by molar-refractivity contribution is -0.133. The van der Waals surface area contributed by atoms with E-state index in [-0.39, 0.29) is 16.5 Å². The van der Waals surface area contributed by atoms with Crippen molar-refractivity contribution >= 4 is 17.7 Å². The molecule has 0 bridgehead atoms. The van der Waals surface area contributed by atoms with Crippen LogP contribution in [0, 0.1) is 5.82 Å². The number of benzene rings is 1. The molecule has 1 aliphatic heterocycles. The van der Waals surface area contributed by atoms with Gasteiger partial charge in [0.1, 0.15) is 5.82 Å². The van der Waals surface area contributed by atoms with Gasteiger partial charge in [-0.05, 0) is 37.0 Å². The minimum absolute atomic E-state index is 0.172. The first-order valence-electron chi connectivity index (χ1n) is 8.03. The summed E-state index contributed by atoms with van der Waals surface area (Å²) in [5.41, 5.74) is 0.888. The van der Waals surface area contributed by atoms with Crippen LogP contribution in [0.2, 0.25) is 0 Å². The van der Waals surface area contributed by atoms with Gasteiger partial charge in [-0.2, -0.15) is 11.8 Å². The van der Waals surface area contributed by atoms with Crippen LogP contribution in [0.5, 0.6) is 0 Å². The highest BCUT2D eigenvalue weighted by Crippen LogP contribution is 2.28. The standard InChI is InChI=1S/C18H26FNOS/c1-18(2,3)22-13-16-6-4-5-11-20(16)17(21)12-14-7-9-15(19)10-8-14/h7-10,16H,4-6,11-13H2,1-3H3/t16-/m1/s1. The second-order valence-electron chi connectivity index (χ2n) is 6.96. The summed E-state index contributed by atoms with van der Waals surface area (Å²) in [6.07, 6.45) is 3.76. The molecule has 0 radical (unpaired) electrons. The van der Waals surface area contributed by atoms with Crippen LogP contribution in [-0.4, -0.2) is 33.9 Å². The Hall–Kier alpha value is -1.03. The van der Waals surface area contributed by atoms with Crippen molar-refractivity contribution in [1.82, 2.24) is 4.90 Å². The van der Waals surface area contributed by atoms with E-state index in [1.54, 1.807) is 12.1 Å². The molecule has 2 rings (SSSR count). The van der Waals surface area contributed by atoms with Gasteiger partial charge in [-0.1, -0.05) is 32.9 Å². The average Bonchev–Trinajstić information content (AvgIpc) is 2.47. The smallest absolute Gasteiger partial charge is 0.227 e. The Kier molecular flexibility index (Phi) is 5.90. The van der Waals surface area contributed by atoms with Gasteiger partial charge in [0.2, 0.25) is 5.91 Å². The monoisotopic (exact) mass is 323 g/mol. The minimum Gasteiger partial charge on any atom is -0.339 e. The average molecular weight is 323 g/mol. The molecule has 0 N–H and O–H groups in total. The zero-order valence-electron chi connectivity index (χ0n) is 13.8. The van der Waals surface area contributed by atoms with E-state index >= 15 is 0 Å². The minimum atomic E-state index is -0.256. The molecular weight excluding hydrogens is 297 g/mol. The van der Waals surface area contributed by atoms with E-state index in [1.807, 2.05) is 16.7 Å². The molecule has 1 fully saturated rings. The van der Waals surface area contributed by atoms with E-state index < -0.39 is 0 Å². The number of carbonyl (C=O) groups is 1. The summed E-state index contributed by atoms with van der Waals surface area (Å²) >= 11 is 1.93. The highest BCUT2D eigenvalue weighted by molar-refractivity contribution is 8.00. The van der Waals surface area contributed by atoms with Gasteiger partial charge in [0.25, 0.3) is 0 Å². The highest BCUT2D eigenvalue weighted by atomic mass is 32.2. The van der Waals surface area contributed by atoms with Gasteiger partial charge in [-0.3, -0.25) is 4.79 Å². The molecule has 122 valence electrons. The van der Waals surface area contributed by atoms with E-state index in [9.17, 15) is 9.18 Å². The van der Waals surface area contributed by atoms with E-state index in [2.05, 4.69) is 20.8 Å². The number of likely N-dealkylation sites (tertiary alicyclic amines) is 1. The summed E-state index contributed by atoms with van der Waals surface area (Å²) in [5, 5.41) is 0. The fraction of sp³-hybridized carbons (Fsp3) is 0.611. The number of carbonyl (C=O) groups excluding carboxylic acids is 1. The predicted molar refractivity (Wildman–Crippen MR) is 91.7 cm³/mol. The molecule has 22 heavy (non-hydrogen) atoms. The fourth-order valence-electron chi connectivity index (χ4n) is 2.73. The maximum absolute atomic E-state index is 13.0. The second kappa shape index (κ2) is 7.49. The van der Waals surface area contributed by atoms with Crippen LogP contribution in [0.25, 0.3) is 0 Å². The first kappa shape index (κ1) is 17.3. The van der Waals surface area contributed by atoms with Crippen molar-refractivity contribution in [3.8, 4) is 0 Å². The third-order valence-electron chi connectivity index (χ3n) is 3.92. The Balaban J connectivity index is 1.97. The third kappa shape index (κ3) is 5.31. The molecule has 1 aromatic rings. The summed E-state index contributed by atoms with van der Waals surface area (Å²) < 4.78 is 13.2. The van der Waals surface area contributed by atoms with Crippen LogP contribution in [0.15, 0.2) is 24.3 Å². The van der Waals surface area contributed by atoms with Gasteiger partial charge >= 0.3 is 0 Å². The molecule has 0 aliphatic carbocycles. The lowest BCUT2D eigenvalue weighted by atomic mass is 10.0. The lowest BCUT2D eigenvalue weighted by Crippen LogP contribution is -2.46. The van der Waals surface area contributed by atoms with Gasteiger partial charge < -0.3 is 4.90 Å². The lowest BCUT2D eigenvalue weighted by Gasteiger charge is -2.37. The van der Waals surface area contributed by atoms with Crippen LogP contribution in [-0.2, 0) is 11.2 Å². The number of hydrogen-bond acceptors (Lipinski definition) is 2. The van der Waals surface area contributed by atoms with Crippen LogP contribution in [0.4, 0.5) is 4.39 Å². The topological polar surface area (TPSA) is 20.3 Å². The molecule has 0 saturated carbocycles. The van der Waals surface area contributed by atoms with Crippen molar-refractivity contribution in [2.45, 2.75) is 57.2 Å². The molecule has 1 heterocycles. The fourth-order valence-corrected chi connectivity index (χ4v) is 3.77. The summed E-state index contributed by atoms with van der Waals surface area (Å²) in [5.74, 6) is 0.915. The zero-order valence-corrected chi connectivity index (χ0v) is 14.6. The normalized spacial score (nSPS) is 19.3. The van der Waals surface area contributed by atoms with E-state index in [0.717, 1.165) is 30.7 Å². The van der Waals surface area contributed by atoms with Crippen molar-refractivity contribution in [2.75, 3.05) is 12.3 Å². The molecular formula is C18H26FNOS. The molecule has 1 atom stereocenters. The Labute approximate surface area is 137 Å². The second-order valence-corrected chi connectivity index (χ2v) is 8.81. The van der Waals surface area contributed by atoms with Gasteiger partial charge in [-0.15, -0.1) is 0 Å². The van der Waals surface area contributed by atoms with Crippen LogP contribution >= 0.6 is 11.8 Å². The first-order chi connectivity index (χ1) is 10.3. The maximum atomic E-state index is 13.0. The first-order valence-corrected chi connectivity index (χ1v) is 9.01. The predicted octanol–water partition coefficient (Wildman–Crippen LogP) is 4.28. The largest absolute Gasteiger partial charge is 0.339 e. The molecule has 1 aromatic carbocycles. The molecule has 2 nitrogen and oxygen atoms in total. The van der Waals surface area contributed by atoms with Crippen LogP contribution in [0.3, 0.4) is 0 Å². The van der Waals surface area contributed by atoms with Crippen LogP contribution in [0.1, 0.15) is 45.6 Å². The van der Waals surface area contributed by atoms with E-state index in [1.165, 1.54) is 18.6 Å². The zero-order chi connectivity index (χ0) is 16.2. The van der Waals surface area contributed by atoms with Crippen molar-refractivity contribution < 1.29 is 9.18 Å². The van der Waals surface area contributed by atoms with Crippen molar-refractivity contribution in [3.05, 3.63) is 35.6 Å². The molecule has 0 aromatic heterocycles. The number of piperidine rings is 1. The Morgan fingerprint density at radius 3 is 2.59 bits per heavy atom. The van der Waals surface area contributed by atoms with Crippen molar-refractivity contribution in [3.63, 3.8) is 0 Å². The summed E-state index contributed by atoms with van der Waals surface area (Å²) in [7, 11) is 0. The van der Waals surface area contributed by atoms with Crippen molar-refractivity contribution in [2.24, 2.45) is 0 Å². The van der Waals surface area contributed by atoms with E-state index in [0.29, 0.717) is 12.5 Å². The molecule has 1 saturated heterocycles. The molecule has 4 heteroatoms. The maximum Gasteiger partial charge on any atom is 0.227 e. The summed E-state index contributed by atoms with van der Waals surface area (Å²) in [6.45, 7) is 7.50. The Morgan fingerprint density at radius 2 is 1.95 bits per heavy atom. The summed E-state index contributed by atoms with van der Waals surface area (Å²) in [6, 6.07) is 6.59. The number of halogens is 1. The Bertz CT molecular complexity index is 495. The molecule has 1 aliphatic rings. The van der Waals surface area contributed by atoms with Gasteiger partial charge in [-0.25, -0.2) is 4.39 Å². The number of thioether (sulfide) groups is 1. The van der Waals surface area contributed by atoms with Gasteiger partial charge in [0.05, 0.1) is 6.42 Å². The number of nitrogens with zero attached hydrogens (tertiary/aromatic N) is 1. The quantitative estimate of drug-likeness (QED) is 0.824. The molecule has 1 amide bonds. The van der Waals surface area contributed by atoms with Crippen LogP contribution < -0.4 is 0 Å². The number of amides is 1. The SMILES string of the molecule is CC(C)(C)SC[C@H]1CCCCN1C(=O)Cc1ccc(F)cc1.